The van der Waals surface area contributed by atoms with Gasteiger partial charge in [-0.3, -0.25) is 0 Å². The number of rotatable bonds is 6. The molecule has 0 bridgehead atoms. The zero-order chi connectivity index (χ0) is 17.8. The lowest BCUT2D eigenvalue weighted by molar-refractivity contribution is 0.105. The molecule has 138 valence electrons. The van der Waals surface area contributed by atoms with Gasteiger partial charge in [0.15, 0.2) is 0 Å². The highest BCUT2D eigenvalue weighted by Crippen LogP contribution is 2.30. The van der Waals surface area contributed by atoms with Crippen molar-refractivity contribution in [3.63, 3.8) is 0 Å². The summed E-state index contributed by atoms with van der Waals surface area (Å²) in [6, 6.07) is 15.8. The summed E-state index contributed by atoms with van der Waals surface area (Å²) in [5.74, 6) is 0.842. The van der Waals surface area contributed by atoms with Gasteiger partial charge in [-0.05, 0) is 42.8 Å². The van der Waals surface area contributed by atoms with Gasteiger partial charge in [-0.25, -0.2) is 4.98 Å². The van der Waals surface area contributed by atoms with Crippen LogP contribution in [0.2, 0.25) is 0 Å². The van der Waals surface area contributed by atoms with E-state index in [1.54, 1.807) is 7.11 Å². The molecule has 6 heteroatoms. The number of ether oxygens (including phenoxy) is 1. The van der Waals surface area contributed by atoms with Crippen molar-refractivity contribution < 1.29 is 14.9 Å². The fourth-order valence-electron chi connectivity index (χ4n) is 2.80. The summed E-state index contributed by atoms with van der Waals surface area (Å²) in [4.78, 5) is 4.76. The Kier molecular flexibility index (Phi) is 6.80. The molecular formula is C20H23ClN2O3. The third-order valence-electron chi connectivity index (χ3n) is 4.15. The van der Waals surface area contributed by atoms with Gasteiger partial charge in [0, 0.05) is 23.2 Å². The van der Waals surface area contributed by atoms with E-state index >= 15 is 0 Å². The van der Waals surface area contributed by atoms with E-state index in [1.807, 2.05) is 55.5 Å². The van der Waals surface area contributed by atoms with Gasteiger partial charge in [-0.1, -0.05) is 18.2 Å². The second-order valence-electron chi connectivity index (χ2n) is 5.97. The SMILES string of the molecule is COc1ccc(-c2cc(NCC(O)CO)c3ccccc3n2)cc1C.Cl. The predicted molar refractivity (Wildman–Crippen MR) is 107 cm³/mol. The first-order valence-electron chi connectivity index (χ1n) is 8.20. The van der Waals surface area contributed by atoms with Gasteiger partial charge < -0.3 is 20.3 Å². The number of pyridine rings is 1. The molecule has 0 spiro atoms. The number of aliphatic hydroxyl groups is 2. The minimum atomic E-state index is -0.807. The Bertz CT molecular complexity index is 886. The molecule has 0 amide bonds. The molecule has 1 heterocycles. The lowest BCUT2D eigenvalue weighted by Crippen LogP contribution is -2.23. The first-order valence-corrected chi connectivity index (χ1v) is 8.20. The molecule has 3 rings (SSSR count). The second-order valence-corrected chi connectivity index (χ2v) is 5.97. The monoisotopic (exact) mass is 374 g/mol. The summed E-state index contributed by atoms with van der Waals surface area (Å²) < 4.78 is 5.32. The van der Waals surface area contributed by atoms with Gasteiger partial charge >= 0.3 is 0 Å². The standard InChI is InChI=1S/C20H22N2O3.ClH/c1-13-9-14(7-8-20(13)25-2)18-10-19(21-11-15(24)12-23)16-5-3-4-6-17(16)22-18;/h3-10,15,23-24H,11-12H2,1-2H3,(H,21,22);1H. The normalized spacial score (nSPS) is 11.7. The second kappa shape index (κ2) is 8.85. The summed E-state index contributed by atoms with van der Waals surface area (Å²) >= 11 is 0. The number of anilines is 1. The van der Waals surface area contributed by atoms with E-state index in [9.17, 15) is 5.11 Å². The van der Waals surface area contributed by atoms with Crippen molar-refractivity contribution in [1.29, 1.82) is 0 Å². The number of nitrogens with one attached hydrogen (secondary N) is 1. The number of methoxy groups -OCH3 is 1. The Morgan fingerprint density at radius 3 is 2.62 bits per heavy atom. The Hall–Kier alpha value is -2.34. The molecule has 1 aromatic heterocycles. The maximum atomic E-state index is 9.63. The molecular weight excluding hydrogens is 352 g/mol. The summed E-state index contributed by atoms with van der Waals surface area (Å²) in [7, 11) is 1.66. The van der Waals surface area contributed by atoms with Crippen molar-refractivity contribution in [3.05, 3.63) is 54.1 Å². The van der Waals surface area contributed by atoms with Crippen LogP contribution in [-0.4, -0.2) is 41.6 Å². The van der Waals surface area contributed by atoms with Gasteiger partial charge in [0.05, 0.1) is 31.0 Å². The number of para-hydroxylation sites is 1. The highest BCUT2D eigenvalue weighted by molar-refractivity contribution is 5.93. The maximum absolute atomic E-state index is 9.63. The van der Waals surface area contributed by atoms with E-state index in [0.29, 0.717) is 0 Å². The lowest BCUT2D eigenvalue weighted by Gasteiger charge is -2.14. The van der Waals surface area contributed by atoms with E-state index in [1.165, 1.54) is 0 Å². The Morgan fingerprint density at radius 1 is 1.15 bits per heavy atom. The maximum Gasteiger partial charge on any atom is 0.121 e. The van der Waals surface area contributed by atoms with E-state index in [0.717, 1.165) is 39.2 Å². The van der Waals surface area contributed by atoms with Crippen LogP contribution < -0.4 is 10.1 Å². The van der Waals surface area contributed by atoms with Crippen molar-refractivity contribution in [1.82, 2.24) is 4.98 Å². The number of hydrogen-bond acceptors (Lipinski definition) is 5. The zero-order valence-corrected chi connectivity index (χ0v) is 15.6. The van der Waals surface area contributed by atoms with E-state index in [-0.39, 0.29) is 25.6 Å². The molecule has 3 N–H and O–H groups in total. The van der Waals surface area contributed by atoms with Crippen molar-refractivity contribution in [3.8, 4) is 17.0 Å². The van der Waals surface area contributed by atoms with Crippen LogP contribution in [0.3, 0.4) is 0 Å². The average molecular weight is 375 g/mol. The van der Waals surface area contributed by atoms with E-state index in [4.69, 9.17) is 14.8 Å². The van der Waals surface area contributed by atoms with Crippen LogP contribution in [0.15, 0.2) is 48.5 Å². The van der Waals surface area contributed by atoms with E-state index in [2.05, 4.69) is 5.32 Å². The molecule has 0 aliphatic carbocycles. The predicted octanol–water partition coefficient (Wildman–Crippen LogP) is 3.41. The smallest absolute Gasteiger partial charge is 0.121 e. The van der Waals surface area contributed by atoms with Crippen LogP contribution in [0.5, 0.6) is 5.75 Å². The van der Waals surface area contributed by atoms with Gasteiger partial charge in [-0.2, -0.15) is 0 Å². The molecule has 26 heavy (non-hydrogen) atoms. The van der Waals surface area contributed by atoms with Gasteiger partial charge in [0.2, 0.25) is 0 Å². The van der Waals surface area contributed by atoms with Crippen LogP contribution >= 0.6 is 12.4 Å². The Labute approximate surface area is 159 Å². The van der Waals surface area contributed by atoms with Crippen molar-refractivity contribution >= 4 is 29.0 Å². The number of aliphatic hydroxyl groups excluding tert-OH is 2. The van der Waals surface area contributed by atoms with Crippen molar-refractivity contribution in [2.75, 3.05) is 25.6 Å². The minimum Gasteiger partial charge on any atom is -0.496 e. The topological polar surface area (TPSA) is 74.6 Å². The fourth-order valence-corrected chi connectivity index (χ4v) is 2.80. The number of fused-ring (bicyclic) bond motifs is 1. The molecule has 3 aromatic rings. The van der Waals surface area contributed by atoms with Crippen LogP contribution in [0.1, 0.15) is 5.56 Å². The first kappa shape index (κ1) is 20.0. The highest BCUT2D eigenvalue weighted by atomic mass is 35.5. The van der Waals surface area contributed by atoms with Crippen LogP contribution in [-0.2, 0) is 0 Å². The van der Waals surface area contributed by atoms with E-state index < -0.39 is 6.10 Å². The van der Waals surface area contributed by atoms with Gasteiger partial charge in [0.25, 0.3) is 0 Å². The molecule has 1 atom stereocenters. The average Bonchev–Trinajstić information content (AvgIpc) is 2.65. The van der Waals surface area contributed by atoms with Crippen LogP contribution in [0.4, 0.5) is 5.69 Å². The van der Waals surface area contributed by atoms with Crippen molar-refractivity contribution in [2.24, 2.45) is 0 Å². The number of benzene rings is 2. The molecule has 0 fully saturated rings. The van der Waals surface area contributed by atoms with Crippen LogP contribution in [0, 0.1) is 6.92 Å². The summed E-state index contributed by atoms with van der Waals surface area (Å²) in [6.45, 7) is 1.99. The molecule has 0 aliphatic rings. The third kappa shape index (κ3) is 4.25. The fraction of sp³-hybridized carbons (Fsp3) is 0.250. The Balaban J connectivity index is 0.00000243. The summed E-state index contributed by atoms with van der Waals surface area (Å²) in [5.41, 5.74) is 4.62. The Morgan fingerprint density at radius 2 is 1.92 bits per heavy atom. The van der Waals surface area contributed by atoms with Gasteiger partial charge in [0.1, 0.15) is 5.75 Å². The lowest BCUT2D eigenvalue weighted by atomic mass is 10.0. The minimum absolute atomic E-state index is 0. The number of aromatic nitrogens is 1. The zero-order valence-electron chi connectivity index (χ0n) is 14.8. The quantitative estimate of drug-likeness (QED) is 0.616. The number of halogens is 1. The third-order valence-corrected chi connectivity index (χ3v) is 4.15. The molecule has 0 saturated carbocycles. The van der Waals surface area contributed by atoms with Crippen LogP contribution in [0.25, 0.3) is 22.2 Å². The molecule has 1 unspecified atom stereocenters. The number of aryl methyl sites for hydroxylation is 1. The number of nitrogens with zero attached hydrogens (tertiary/aromatic N) is 1. The molecule has 5 nitrogen and oxygen atoms in total. The molecule has 0 saturated heterocycles. The van der Waals surface area contributed by atoms with Gasteiger partial charge in [-0.15, -0.1) is 12.4 Å². The molecule has 0 aliphatic heterocycles. The largest absolute Gasteiger partial charge is 0.496 e. The molecule has 2 aromatic carbocycles. The number of hydrogen-bond donors (Lipinski definition) is 3. The molecule has 0 radical (unpaired) electrons. The summed E-state index contributed by atoms with van der Waals surface area (Å²) in [6.07, 6.45) is -0.807. The summed E-state index contributed by atoms with van der Waals surface area (Å²) in [5, 5.41) is 22.8. The van der Waals surface area contributed by atoms with Crippen molar-refractivity contribution in [2.45, 2.75) is 13.0 Å². The first-order chi connectivity index (χ1) is 12.1. The highest BCUT2D eigenvalue weighted by Gasteiger charge is 2.10.